The van der Waals surface area contributed by atoms with Crippen LogP contribution in [-0.4, -0.2) is 55.1 Å². The van der Waals surface area contributed by atoms with Gasteiger partial charge in [-0.1, -0.05) is 39.1 Å². The molecule has 30 heavy (non-hydrogen) atoms. The number of aliphatic imine (C=N–C) groups is 1. The van der Waals surface area contributed by atoms with Crippen LogP contribution in [0.25, 0.3) is 5.70 Å². The van der Waals surface area contributed by atoms with Crippen LogP contribution in [-0.2, 0) is 16.0 Å². The number of hydrogen-bond donors (Lipinski definition) is 0. The minimum atomic E-state index is -0.271. The van der Waals surface area contributed by atoms with Crippen molar-refractivity contribution in [3.8, 4) is 11.6 Å². The zero-order chi connectivity index (χ0) is 19.3. The number of rotatable bonds is 4. The molecule has 2 aliphatic rings. The van der Waals surface area contributed by atoms with E-state index in [0.29, 0.717) is 30.7 Å². The summed E-state index contributed by atoms with van der Waals surface area (Å²) in [5.74, 6) is 1.52. The van der Waals surface area contributed by atoms with Crippen LogP contribution in [0.2, 0.25) is 0 Å². The van der Waals surface area contributed by atoms with Crippen LogP contribution < -0.4 is 9.47 Å². The van der Waals surface area contributed by atoms with Crippen molar-refractivity contribution >= 4 is 18.0 Å². The van der Waals surface area contributed by atoms with Crippen molar-refractivity contribution in [1.82, 2.24) is 9.88 Å². The second-order valence-electron chi connectivity index (χ2n) is 6.47. The van der Waals surface area contributed by atoms with E-state index in [0.717, 1.165) is 24.1 Å². The molecular formula is C23H29N3O4. The lowest BCUT2D eigenvalue weighted by molar-refractivity contribution is -0.115. The first-order valence-corrected chi connectivity index (χ1v) is 9.14. The van der Waals surface area contributed by atoms with Gasteiger partial charge in [-0.2, -0.15) is 0 Å². The fourth-order valence-electron chi connectivity index (χ4n) is 3.28. The Hall–Kier alpha value is -3.35. The van der Waals surface area contributed by atoms with Crippen LogP contribution in [0.5, 0.6) is 11.6 Å². The lowest BCUT2D eigenvalue weighted by atomic mass is 9.96. The van der Waals surface area contributed by atoms with Crippen molar-refractivity contribution in [2.45, 2.75) is 27.4 Å². The SMILES string of the molecule is C.C.CN=C(/C=C1/c2ccccc2CCN1C=O)OCC1COc2ncccc2O1. The third-order valence-corrected chi connectivity index (χ3v) is 4.69. The summed E-state index contributed by atoms with van der Waals surface area (Å²) in [6.45, 7) is 1.25. The molecule has 7 nitrogen and oxygen atoms in total. The Morgan fingerprint density at radius 3 is 2.93 bits per heavy atom. The molecule has 1 aromatic heterocycles. The molecule has 160 valence electrons. The van der Waals surface area contributed by atoms with E-state index in [1.165, 1.54) is 5.56 Å². The van der Waals surface area contributed by atoms with Gasteiger partial charge >= 0.3 is 0 Å². The van der Waals surface area contributed by atoms with E-state index in [1.807, 2.05) is 24.3 Å². The van der Waals surface area contributed by atoms with Gasteiger partial charge in [-0.05, 0) is 24.1 Å². The molecule has 0 saturated heterocycles. The summed E-state index contributed by atoms with van der Waals surface area (Å²) >= 11 is 0. The molecule has 1 atom stereocenters. The van der Waals surface area contributed by atoms with Crippen molar-refractivity contribution in [3.63, 3.8) is 0 Å². The quantitative estimate of drug-likeness (QED) is 0.437. The van der Waals surface area contributed by atoms with Gasteiger partial charge in [0.25, 0.3) is 5.88 Å². The van der Waals surface area contributed by atoms with Crippen LogP contribution >= 0.6 is 0 Å². The van der Waals surface area contributed by atoms with Crippen molar-refractivity contribution in [1.29, 1.82) is 0 Å². The fraction of sp³-hybridized carbons (Fsp3) is 0.348. The third kappa shape index (κ3) is 4.79. The lowest BCUT2D eigenvalue weighted by Gasteiger charge is -2.29. The number of carbonyl (C=O) groups excluding carboxylic acids is 1. The topological polar surface area (TPSA) is 73.3 Å². The summed E-state index contributed by atoms with van der Waals surface area (Å²) < 4.78 is 17.3. The average Bonchev–Trinajstić information content (AvgIpc) is 2.76. The molecule has 7 heteroatoms. The second kappa shape index (κ2) is 10.4. The molecule has 0 aliphatic carbocycles. The van der Waals surface area contributed by atoms with Crippen LogP contribution in [0, 0.1) is 0 Å². The molecule has 0 bridgehead atoms. The number of amides is 1. The summed E-state index contributed by atoms with van der Waals surface area (Å²) in [5, 5.41) is 0. The minimum absolute atomic E-state index is 0. The van der Waals surface area contributed by atoms with Crippen molar-refractivity contribution < 1.29 is 19.0 Å². The standard InChI is InChI=1S/C21H21N3O4.2CH4/c1-22-20(26-12-16-13-27-21-19(28-16)7-4-9-23-21)11-18-17-6-3-2-5-15(17)8-10-24(18)14-25;;/h2-7,9,11,14,16H,8,10,12-13H2,1H3;2*1H4/b18-11-,22-20?;;. The van der Waals surface area contributed by atoms with Gasteiger partial charge in [0.05, 0.1) is 5.70 Å². The number of hydrogen-bond acceptors (Lipinski definition) is 6. The normalized spacial score (nSPS) is 18.6. The first kappa shape index (κ1) is 22.9. The number of fused-ring (bicyclic) bond motifs is 2. The van der Waals surface area contributed by atoms with Gasteiger partial charge in [0.15, 0.2) is 11.9 Å². The smallest absolute Gasteiger partial charge is 0.257 e. The van der Waals surface area contributed by atoms with E-state index in [1.54, 1.807) is 30.3 Å². The van der Waals surface area contributed by atoms with E-state index < -0.39 is 0 Å². The van der Waals surface area contributed by atoms with Gasteiger partial charge in [0.2, 0.25) is 12.3 Å². The number of nitrogens with zero attached hydrogens (tertiary/aromatic N) is 3. The van der Waals surface area contributed by atoms with E-state index in [2.05, 4.69) is 16.0 Å². The lowest BCUT2D eigenvalue weighted by Crippen LogP contribution is -2.34. The highest BCUT2D eigenvalue weighted by atomic mass is 16.6. The van der Waals surface area contributed by atoms with Gasteiger partial charge < -0.3 is 19.1 Å². The fourth-order valence-corrected chi connectivity index (χ4v) is 3.28. The minimum Gasteiger partial charge on any atom is -0.478 e. The number of ether oxygens (including phenoxy) is 3. The summed E-state index contributed by atoms with van der Waals surface area (Å²) in [5.41, 5.74) is 3.01. The van der Waals surface area contributed by atoms with Crippen molar-refractivity contribution in [2.24, 2.45) is 4.99 Å². The predicted molar refractivity (Wildman–Crippen MR) is 118 cm³/mol. The second-order valence-corrected chi connectivity index (χ2v) is 6.47. The van der Waals surface area contributed by atoms with Crippen molar-refractivity contribution in [2.75, 3.05) is 26.8 Å². The maximum absolute atomic E-state index is 11.5. The monoisotopic (exact) mass is 411 g/mol. The van der Waals surface area contributed by atoms with Gasteiger partial charge in [-0.15, -0.1) is 0 Å². The average molecular weight is 412 g/mol. The molecule has 0 fully saturated rings. The largest absolute Gasteiger partial charge is 0.478 e. The molecule has 1 aromatic carbocycles. The van der Waals surface area contributed by atoms with Crippen LogP contribution in [0.15, 0.2) is 53.7 Å². The first-order valence-electron chi connectivity index (χ1n) is 9.14. The first-order chi connectivity index (χ1) is 13.8. The Balaban J connectivity index is 0.00000160. The molecular weight excluding hydrogens is 382 g/mol. The van der Waals surface area contributed by atoms with E-state index >= 15 is 0 Å². The van der Waals surface area contributed by atoms with Gasteiger partial charge in [-0.3, -0.25) is 9.79 Å². The Labute approximate surface area is 178 Å². The Kier molecular flexibility index (Phi) is 7.98. The highest BCUT2D eigenvalue weighted by Crippen LogP contribution is 2.29. The molecule has 0 saturated carbocycles. The van der Waals surface area contributed by atoms with Crippen LogP contribution in [0.4, 0.5) is 0 Å². The van der Waals surface area contributed by atoms with Gasteiger partial charge in [0, 0.05) is 31.4 Å². The Morgan fingerprint density at radius 1 is 1.30 bits per heavy atom. The van der Waals surface area contributed by atoms with E-state index in [9.17, 15) is 4.79 Å². The van der Waals surface area contributed by atoms with E-state index in [-0.39, 0.29) is 27.6 Å². The van der Waals surface area contributed by atoms with Gasteiger partial charge in [0.1, 0.15) is 13.2 Å². The number of carbonyl (C=O) groups is 1. The molecule has 2 aromatic rings. The molecule has 4 rings (SSSR count). The third-order valence-electron chi connectivity index (χ3n) is 4.69. The molecule has 0 radical (unpaired) electrons. The van der Waals surface area contributed by atoms with Gasteiger partial charge in [-0.25, -0.2) is 4.98 Å². The van der Waals surface area contributed by atoms with E-state index in [4.69, 9.17) is 14.2 Å². The highest BCUT2D eigenvalue weighted by molar-refractivity contribution is 5.97. The highest BCUT2D eigenvalue weighted by Gasteiger charge is 2.24. The summed E-state index contributed by atoms with van der Waals surface area (Å²) in [6.07, 6.45) is 4.86. The predicted octanol–water partition coefficient (Wildman–Crippen LogP) is 3.59. The Morgan fingerprint density at radius 2 is 2.13 bits per heavy atom. The maximum Gasteiger partial charge on any atom is 0.257 e. The molecule has 2 aliphatic heterocycles. The van der Waals surface area contributed by atoms with Crippen molar-refractivity contribution in [3.05, 3.63) is 59.8 Å². The maximum atomic E-state index is 11.5. The molecule has 0 spiro atoms. The summed E-state index contributed by atoms with van der Waals surface area (Å²) in [4.78, 5) is 21.6. The number of benzene rings is 1. The zero-order valence-electron chi connectivity index (χ0n) is 15.6. The van der Waals surface area contributed by atoms with Crippen LogP contribution in [0.3, 0.4) is 0 Å². The summed E-state index contributed by atoms with van der Waals surface area (Å²) in [6, 6.07) is 11.7. The molecule has 0 N–H and O–H groups in total. The molecule has 1 unspecified atom stereocenters. The zero-order valence-corrected chi connectivity index (χ0v) is 15.6. The molecule has 3 heterocycles. The Bertz CT molecular complexity index is 926. The number of pyridine rings is 1. The summed E-state index contributed by atoms with van der Waals surface area (Å²) in [7, 11) is 1.66. The number of aromatic nitrogens is 1. The van der Waals surface area contributed by atoms with Crippen LogP contribution in [0.1, 0.15) is 26.0 Å². The molecule has 1 amide bonds.